The van der Waals surface area contributed by atoms with Crippen molar-refractivity contribution in [2.75, 3.05) is 4.90 Å². The molecule has 1 fully saturated rings. The van der Waals surface area contributed by atoms with Gasteiger partial charge in [-0.3, -0.25) is 19.3 Å². The summed E-state index contributed by atoms with van der Waals surface area (Å²) in [6.07, 6.45) is 2.23. The monoisotopic (exact) mass is 425 g/mol. The number of imide groups is 1. The summed E-state index contributed by atoms with van der Waals surface area (Å²) in [7, 11) is 0. The normalized spacial score (nSPS) is 14.7. The van der Waals surface area contributed by atoms with Gasteiger partial charge in [0.1, 0.15) is 0 Å². The number of anilines is 1. The molecule has 2 heterocycles. The van der Waals surface area contributed by atoms with Gasteiger partial charge in [0.05, 0.1) is 12.2 Å². The molecule has 1 aliphatic heterocycles. The lowest BCUT2D eigenvalue weighted by molar-refractivity contribution is -0.121. The van der Waals surface area contributed by atoms with Gasteiger partial charge >= 0.3 is 0 Å². The maximum atomic E-state index is 12.7. The van der Waals surface area contributed by atoms with Crippen LogP contribution >= 0.6 is 22.9 Å². The molecule has 0 aliphatic carbocycles. The van der Waals surface area contributed by atoms with Crippen LogP contribution in [0.2, 0.25) is 5.02 Å². The highest BCUT2D eigenvalue weighted by molar-refractivity contribution is 7.07. The number of carbonyl (C=O) groups excluding carboxylic acids is 3. The van der Waals surface area contributed by atoms with Gasteiger partial charge in [0, 0.05) is 35.0 Å². The minimum atomic E-state index is -0.443. The van der Waals surface area contributed by atoms with Gasteiger partial charge in [-0.2, -0.15) is 4.99 Å². The van der Waals surface area contributed by atoms with Crippen LogP contribution in [-0.2, 0) is 16.1 Å². The lowest BCUT2D eigenvalue weighted by atomic mass is 10.2. The average Bonchev–Trinajstić information content (AvgIpc) is 3.29. The number of nitrogens with zero attached hydrogens (tertiary/aromatic N) is 3. The Morgan fingerprint density at radius 2 is 1.83 bits per heavy atom. The average molecular weight is 426 g/mol. The second kappa shape index (κ2) is 8.14. The smallest absolute Gasteiger partial charge is 0.279 e. The van der Waals surface area contributed by atoms with Crippen molar-refractivity contribution in [3.8, 4) is 0 Å². The van der Waals surface area contributed by atoms with Gasteiger partial charge in [-0.05, 0) is 29.8 Å². The van der Waals surface area contributed by atoms with Gasteiger partial charge in [0.15, 0.2) is 4.80 Å². The number of benzene rings is 2. The van der Waals surface area contributed by atoms with Crippen LogP contribution in [-0.4, -0.2) is 22.3 Å². The summed E-state index contributed by atoms with van der Waals surface area (Å²) in [6.45, 7) is 0.492. The first-order chi connectivity index (χ1) is 14.0. The van der Waals surface area contributed by atoms with Gasteiger partial charge in [-0.1, -0.05) is 35.9 Å². The predicted octanol–water partition coefficient (Wildman–Crippen LogP) is 3.65. The molecule has 146 valence electrons. The molecule has 0 spiro atoms. The largest absolute Gasteiger partial charge is 0.319 e. The third-order valence-corrected chi connectivity index (χ3v) is 5.72. The summed E-state index contributed by atoms with van der Waals surface area (Å²) in [5.41, 5.74) is 1.64. The summed E-state index contributed by atoms with van der Waals surface area (Å²) < 4.78 is 1.85. The molecule has 3 aromatic rings. The number of hydrogen-bond acceptors (Lipinski definition) is 4. The van der Waals surface area contributed by atoms with Gasteiger partial charge < -0.3 is 4.57 Å². The van der Waals surface area contributed by atoms with Crippen molar-refractivity contribution in [1.29, 1.82) is 0 Å². The third kappa shape index (κ3) is 4.06. The first-order valence-electron chi connectivity index (χ1n) is 8.95. The highest BCUT2D eigenvalue weighted by Gasteiger charge is 2.30. The second-order valence-electron chi connectivity index (χ2n) is 6.50. The van der Waals surface area contributed by atoms with Crippen LogP contribution in [0.15, 0.2) is 65.1 Å². The topological polar surface area (TPSA) is 71.7 Å². The third-order valence-electron chi connectivity index (χ3n) is 4.56. The van der Waals surface area contributed by atoms with E-state index in [-0.39, 0.29) is 24.7 Å². The van der Waals surface area contributed by atoms with E-state index in [9.17, 15) is 14.4 Å². The van der Waals surface area contributed by atoms with Crippen molar-refractivity contribution in [2.24, 2.45) is 4.99 Å². The fraction of sp³-hybridized carbons (Fsp3) is 0.143. The van der Waals surface area contributed by atoms with E-state index in [0.717, 1.165) is 10.5 Å². The van der Waals surface area contributed by atoms with Crippen molar-refractivity contribution in [2.45, 2.75) is 19.4 Å². The zero-order valence-corrected chi connectivity index (χ0v) is 16.8. The number of halogens is 1. The Labute approximate surface area is 175 Å². The zero-order chi connectivity index (χ0) is 20.4. The maximum absolute atomic E-state index is 12.7. The van der Waals surface area contributed by atoms with Gasteiger partial charge in [-0.25, -0.2) is 0 Å². The summed E-state index contributed by atoms with van der Waals surface area (Å²) in [5.74, 6) is -0.957. The first kappa shape index (κ1) is 19.3. The SMILES string of the molecule is O=C(N=c1sccn1Cc1ccccc1Cl)c1cccc(N2C(=O)CCC2=O)c1. The van der Waals surface area contributed by atoms with Crippen molar-refractivity contribution in [3.05, 3.63) is 81.1 Å². The fourth-order valence-electron chi connectivity index (χ4n) is 3.11. The number of aromatic nitrogens is 1. The molecule has 8 heteroatoms. The van der Waals surface area contributed by atoms with Crippen molar-refractivity contribution in [1.82, 2.24) is 4.57 Å². The van der Waals surface area contributed by atoms with Gasteiger partial charge in [0.25, 0.3) is 5.91 Å². The molecule has 29 heavy (non-hydrogen) atoms. The van der Waals surface area contributed by atoms with E-state index >= 15 is 0 Å². The Morgan fingerprint density at radius 1 is 1.07 bits per heavy atom. The molecule has 1 saturated heterocycles. The van der Waals surface area contributed by atoms with E-state index in [4.69, 9.17) is 11.6 Å². The van der Waals surface area contributed by atoms with Gasteiger partial charge in [0.2, 0.25) is 11.8 Å². The summed E-state index contributed by atoms with van der Waals surface area (Å²) in [5, 5.41) is 2.50. The molecule has 1 aliphatic rings. The van der Waals surface area contributed by atoms with E-state index in [0.29, 0.717) is 27.6 Å². The molecule has 1 aromatic heterocycles. The highest BCUT2D eigenvalue weighted by Crippen LogP contribution is 2.23. The second-order valence-corrected chi connectivity index (χ2v) is 7.78. The molecule has 3 amide bonds. The van der Waals surface area contributed by atoms with E-state index in [1.807, 2.05) is 40.4 Å². The molecular formula is C21H16ClN3O3S. The molecule has 0 bridgehead atoms. The van der Waals surface area contributed by atoms with Crippen LogP contribution in [0.25, 0.3) is 0 Å². The van der Waals surface area contributed by atoms with Crippen molar-refractivity contribution < 1.29 is 14.4 Å². The molecule has 2 aromatic carbocycles. The Hall–Kier alpha value is -3.03. The molecule has 0 atom stereocenters. The Kier molecular flexibility index (Phi) is 5.42. The van der Waals surface area contributed by atoms with E-state index in [2.05, 4.69) is 4.99 Å². The molecule has 4 rings (SSSR count). The standard InChI is InChI=1S/C21H16ClN3O3S/c22-17-7-2-1-4-15(17)13-24-10-11-29-21(24)23-20(28)14-5-3-6-16(12-14)25-18(26)8-9-19(25)27/h1-7,10-12H,8-9,13H2. The first-order valence-corrected chi connectivity index (χ1v) is 10.2. The number of carbonyl (C=O) groups is 3. The lowest BCUT2D eigenvalue weighted by Gasteiger charge is -2.14. The minimum Gasteiger partial charge on any atom is -0.319 e. The summed E-state index contributed by atoms with van der Waals surface area (Å²) >= 11 is 7.57. The maximum Gasteiger partial charge on any atom is 0.279 e. The Morgan fingerprint density at radius 3 is 2.59 bits per heavy atom. The predicted molar refractivity (Wildman–Crippen MR) is 111 cm³/mol. The quantitative estimate of drug-likeness (QED) is 0.599. The minimum absolute atomic E-state index is 0.193. The van der Waals surface area contributed by atoms with Crippen LogP contribution in [0, 0.1) is 0 Å². The van der Waals surface area contributed by atoms with Crippen LogP contribution in [0.1, 0.15) is 28.8 Å². The molecular weight excluding hydrogens is 410 g/mol. The number of rotatable bonds is 4. The number of amides is 3. The highest BCUT2D eigenvalue weighted by atomic mass is 35.5. The van der Waals surface area contributed by atoms with Crippen LogP contribution in [0.5, 0.6) is 0 Å². The van der Waals surface area contributed by atoms with Crippen LogP contribution in [0.3, 0.4) is 0 Å². The zero-order valence-electron chi connectivity index (χ0n) is 15.2. The Bertz CT molecular complexity index is 1170. The molecule has 6 nitrogen and oxygen atoms in total. The molecule has 0 saturated carbocycles. The lowest BCUT2D eigenvalue weighted by Crippen LogP contribution is -2.28. The van der Waals surface area contributed by atoms with E-state index < -0.39 is 5.91 Å². The van der Waals surface area contributed by atoms with Crippen LogP contribution < -0.4 is 9.70 Å². The number of thiazole rings is 1. The van der Waals surface area contributed by atoms with Crippen molar-refractivity contribution in [3.63, 3.8) is 0 Å². The molecule has 0 unspecified atom stereocenters. The van der Waals surface area contributed by atoms with E-state index in [1.54, 1.807) is 18.2 Å². The summed E-state index contributed by atoms with van der Waals surface area (Å²) in [6, 6.07) is 13.9. The Balaban J connectivity index is 1.62. The van der Waals surface area contributed by atoms with Crippen LogP contribution in [0.4, 0.5) is 5.69 Å². The van der Waals surface area contributed by atoms with Gasteiger partial charge in [-0.15, -0.1) is 11.3 Å². The van der Waals surface area contributed by atoms with E-state index in [1.165, 1.54) is 17.4 Å². The summed E-state index contributed by atoms with van der Waals surface area (Å²) in [4.78, 5) is 42.5. The molecule has 0 radical (unpaired) electrons. The van der Waals surface area contributed by atoms with Crippen molar-refractivity contribution >= 4 is 46.3 Å². The number of hydrogen-bond donors (Lipinski definition) is 0. The molecule has 0 N–H and O–H groups in total. The fourth-order valence-corrected chi connectivity index (χ4v) is 4.03.